The fourth-order valence-electron chi connectivity index (χ4n) is 0.156. The van der Waals surface area contributed by atoms with Crippen molar-refractivity contribution in [1.82, 2.24) is 0 Å². The molecular formula is Si5. The molecule has 10 radical (unpaired) electrons. The Kier molecular flexibility index (Phi) is 1.95. The molecule has 0 aromatic rings. The van der Waals surface area contributed by atoms with Gasteiger partial charge in [-0.15, -0.1) is 0 Å². The Balaban J connectivity index is 2.08. The van der Waals surface area contributed by atoms with E-state index in [-0.39, 0.29) is 0 Å². The van der Waals surface area contributed by atoms with Crippen LogP contribution in [-0.4, -0.2) is 42.8 Å². The van der Waals surface area contributed by atoms with Crippen molar-refractivity contribution < 1.29 is 0 Å². The summed E-state index contributed by atoms with van der Waals surface area (Å²) in [6.07, 6.45) is 0. The lowest BCUT2D eigenvalue weighted by Crippen LogP contribution is -2.00. The summed E-state index contributed by atoms with van der Waals surface area (Å²) in [4.78, 5) is 0. The zero-order valence-corrected chi connectivity index (χ0v) is 7.50. The molecule has 20 valence electrons. The topological polar surface area (TPSA) is 0 Å². The van der Waals surface area contributed by atoms with E-state index in [0.29, 0.717) is 0 Å². The minimum Gasteiger partial charge on any atom is 0 e. The average molecular weight is 140 g/mol. The molecule has 0 aliphatic carbocycles. The average Bonchev–Trinajstić information content (AvgIpc) is 1.76. The Bertz CT molecular complexity index is 11.6. The molecule has 0 aromatic carbocycles. The van der Waals surface area contributed by atoms with Crippen molar-refractivity contribution in [2.24, 2.45) is 0 Å². The van der Waals surface area contributed by atoms with E-state index in [9.17, 15) is 0 Å². The van der Waals surface area contributed by atoms with Crippen molar-refractivity contribution in [3.8, 4) is 0 Å². The van der Waals surface area contributed by atoms with Gasteiger partial charge in [0.1, 0.15) is 0 Å². The Morgan fingerprint density at radius 1 is 0.400 bits per heavy atom. The highest BCUT2D eigenvalue weighted by Crippen LogP contribution is 1.62. The van der Waals surface area contributed by atoms with E-state index in [0.717, 1.165) is 0 Å². The molecule has 5 heteroatoms. The monoisotopic (exact) mass is 140 g/mol. The Labute approximate surface area is 43.2 Å². The van der Waals surface area contributed by atoms with Crippen LogP contribution < -0.4 is 0 Å². The van der Waals surface area contributed by atoms with Gasteiger partial charge < -0.3 is 0 Å². The molecule has 0 aromatic heterocycles. The Hall–Kier alpha value is 1.08. The van der Waals surface area contributed by atoms with Gasteiger partial charge in [-0.3, -0.25) is 0 Å². The van der Waals surface area contributed by atoms with Crippen LogP contribution in [0.4, 0.5) is 0 Å². The summed E-state index contributed by atoms with van der Waals surface area (Å²) in [6.45, 7) is 0. The number of rotatable bonds is 0. The predicted octanol–water partition coefficient (Wildman–Crippen LogP) is -1.90. The van der Waals surface area contributed by atoms with Crippen LogP contribution in [0, 0.1) is 0 Å². The van der Waals surface area contributed by atoms with Gasteiger partial charge in [-0.05, 0) is 0 Å². The smallest absolute Gasteiger partial charge is 0 e. The van der Waals surface area contributed by atoms with Gasteiger partial charge in [0.15, 0.2) is 0 Å². The predicted molar refractivity (Wildman–Crippen MR) is 28.8 cm³/mol. The van der Waals surface area contributed by atoms with E-state index in [2.05, 4.69) is 0 Å². The summed E-state index contributed by atoms with van der Waals surface area (Å²) in [6, 6.07) is 0. The second kappa shape index (κ2) is 2.29. The second-order valence-corrected chi connectivity index (χ2v) is 16.9. The van der Waals surface area contributed by atoms with Gasteiger partial charge in [-0.25, -0.2) is 0 Å². The normalized spacial score (nSPS) is 24.0. The maximum absolute atomic E-state index is 1.39. The van der Waals surface area contributed by atoms with Crippen LogP contribution in [0.3, 0.4) is 0 Å². The largest absolute Gasteiger partial charge is 0 e. The molecule has 0 saturated carbocycles. The van der Waals surface area contributed by atoms with Crippen LogP contribution in [0.5, 0.6) is 0 Å². The SMILES string of the molecule is [Si]1[Si][Si][Si][Si]1. The van der Waals surface area contributed by atoms with Gasteiger partial charge >= 0.3 is 0 Å². The zero-order chi connectivity index (χ0) is 3.54. The van der Waals surface area contributed by atoms with E-state index in [1.165, 1.54) is 42.8 Å². The first-order valence-electron chi connectivity index (χ1n) is 1.25. The molecule has 0 atom stereocenters. The van der Waals surface area contributed by atoms with Crippen LogP contribution >= 0.6 is 0 Å². The van der Waals surface area contributed by atoms with Gasteiger partial charge in [-0.2, -0.15) is 0 Å². The van der Waals surface area contributed by atoms with Gasteiger partial charge in [0.2, 0.25) is 0 Å². The van der Waals surface area contributed by atoms with Crippen molar-refractivity contribution >= 4 is 42.8 Å². The highest BCUT2D eigenvalue weighted by Gasteiger charge is 2.00. The molecule has 1 fully saturated rings. The van der Waals surface area contributed by atoms with E-state index in [4.69, 9.17) is 0 Å². The van der Waals surface area contributed by atoms with Crippen molar-refractivity contribution in [1.29, 1.82) is 0 Å². The molecule has 0 N–H and O–H groups in total. The van der Waals surface area contributed by atoms with E-state index in [1.807, 2.05) is 0 Å². The number of hydrogen-bond acceptors (Lipinski definition) is 0. The van der Waals surface area contributed by atoms with Gasteiger partial charge in [0, 0.05) is 42.8 Å². The quantitative estimate of drug-likeness (QED) is 0.345. The first-order chi connectivity index (χ1) is 2.50. The molecule has 1 aliphatic rings. The molecule has 0 bridgehead atoms. The second-order valence-electron chi connectivity index (χ2n) is 0.625. The standard InChI is InChI=1S/Si5/c1-2-4-5-3-1. The Morgan fingerprint density at radius 2 is 0.600 bits per heavy atom. The first-order valence-corrected chi connectivity index (χ1v) is 11.2. The van der Waals surface area contributed by atoms with Crippen molar-refractivity contribution in [2.45, 2.75) is 0 Å². The molecule has 1 rings (SSSR count). The molecule has 0 nitrogen and oxygen atoms in total. The summed E-state index contributed by atoms with van der Waals surface area (Å²) in [5.74, 6) is 0. The summed E-state index contributed by atoms with van der Waals surface area (Å²) < 4.78 is 0. The lowest BCUT2D eigenvalue weighted by atomic mass is 26.5. The number of hydrogen-bond donors (Lipinski definition) is 0. The molecule has 0 unspecified atom stereocenters. The minimum atomic E-state index is 1.39. The fourth-order valence-corrected chi connectivity index (χ4v) is 38.0. The lowest BCUT2D eigenvalue weighted by molar-refractivity contribution is 4.14. The summed E-state index contributed by atoms with van der Waals surface area (Å²) >= 11 is 0. The molecular weight excluding hydrogens is 140 g/mol. The van der Waals surface area contributed by atoms with E-state index in [1.54, 1.807) is 0 Å². The van der Waals surface area contributed by atoms with Crippen LogP contribution in [-0.2, 0) is 0 Å². The third-order valence-electron chi connectivity index (χ3n) is 0.312. The van der Waals surface area contributed by atoms with Crippen molar-refractivity contribution in [3.05, 3.63) is 0 Å². The van der Waals surface area contributed by atoms with Crippen molar-refractivity contribution in [3.63, 3.8) is 0 Å². The fraction of sp³-hybridized carbons (Fsp3) is 0. The highest BCUT2D eigenvalue weighted by molar-refractivity contribution is 7.76. The highest BCUT2D eigenvalue weighted by atomic mass is 30.1. The maximum atomic E-state index is 1.39. The zero-order valence-electron chi connectivity index (χ0n) is 2.50. The summed E-state index contributed by atoms with van der Waals surface area (Å²) in [7, 11) is 6.94. The van der Waals surface area contributed by atoms with Crippen LogP contribution in [0.15, 0.2) is 0 Å². The molecule has 1 saturated heterocycles. The molecule has 5 heavy (non-hydrogen) atoms. The molecule has 0 spiro atoms. The van der Waals surface area contributed by atoms with Crippen molar-refractivity contribution in [2.75, 3.05) is 0 Å². The maximum Gasteiger partial charge on any atom is 0 e. The van der Waals surface area contributed by atoms with Crippen LogP contribution in [0.2, 0.25) is 0 Å². The van der Waals surface area contributed by atoms with E-state index >= 15 is 0 Å². The molecule has 1 heterocycles. The van der Waals surface area contributed by atoms with Gasteiger partial charge in [-0.1, -0.05) is 0 Å². The lowest BCUT2D eigenvalue weighted by Gasteiger charge is -1.62. The Morgan fingerprint density at radius 3 is 0.800 bits per heavy atom. The van der Waals surface area contributed by atoms with Gasteiger partial charge in [0.05, 0.1) is 0 Å². The van der Waals surface area contributed by atoms with Gasteiger partial charge in [0.25, 0.3) is 0 Å². The third-order valence-corrected chi connectivity index (χ3v) is 25.3. The first kappa shape index (κ1) is 4.25. The summed E-state index contributed by atoms with van der Waals surface area (Å²) in [5.41, 5.74) is 0. The van der Waals surface area contributed by atoms with E-state index < -0.39 is 0 Å². The van der Waals surface area contributed by atoms with Crippen LogP contribution in [0.1, 0.15) is 0 Å². The minimum absolute atomic E-state index is 1.39. The molecule has 1 aliphatic heterocycles. The van der Waals surface area contributed by atoms with Crippen LogP contribution in [0.25, 0.3) is 0 Å². The molecule has 0 amide bonds. The third kappa shape index (κ3) is 1.31. The summed E-state index contributed by atoms with van der Waals surface area (Å²) in [5, 5.41) is 0.